The van der Waals surface area contributed by atoms with Crippen LogP contribution in [0.5, 0.6) is 0 Å². The van der Waals surface area contributed by atoms with Crippen LogP contribution < -0.4 is 5.32 Å². The van der Waals surface area contributed by atoms with Gasteiger partial charge in [0.15, 0.2) is 5.82 Å². The SMILES string of the molecule is CNc1nc(-c2c(C)cc(C)cc2C)nc(C(C)C)c1Br. The molecule has 1 heterocycles. The molecule has 0 saturated carbocycles. The molecule has 0 aliphatic carbocycles. The van der Waals surface area contributed by atoms with Crippen molar-refractivity contribution in [2.24, 2.45) is 0 Å². The van der Waals surface area contributed by atoms with Crippen LogP contribution in [0.15, 0.2) is 16.6 Å². The first kappa shape index (κ1) is 16.0. The summed E-state index contributed by atoms with van der Waals surface area (Å²) in [4.78, 5) is 9.49. The van der Waals surface area contributed by atoms with E-state index in [9.17, 15) is 0 Å². The molecule has 0 atom stereocenters. The van der Waals surface area contributed by atoms with E-state index < -0.39 is 0 Å². The number of nitrogens with one attached hydrogen (secondary N) is 1. The first-order valence-electron chi connectivity index (χ1n) is 7.18. The minimum atomic E-state index is 0.333. The van der Waals surface area contributed by atoms with Crippen molar-refractivity contribution in [3.05, 3.63) is 39.0 Å². The van der Waals surface area contributed by atoms with Gasteiger partial charge in [0.05, 0.1) is 10.2 Å². The number of hydrogen-bond donors (Lipinski definition) is 1. The fraction of sp³-hybridized carbons (Fsp3) is 0.412. The van der Waals surface area contributed by atoms with Crippen LogP contribution >= 0.6 is 15.9 Å². The van der Waals surface area contributed by atoms with Gasteiger partial charge >= 0.3 is 0 Å². The largest absolute Gasteiger partial charge is 0.372 e. The van der Waals surface area contributed by atoms with E-state index in [1.165, 1.54) is 16.7 Å². The molecule has 0 unspecified atom stereocenters. The molecule has 3 nitrogen and oxygen atoms in total. The van der Waals surface area contributed by atoms with Crippen LogP contribution in [0.1, 0.15) is 42.1 Å². The Balaban J connectivity index is 2.73. The summed E-state index contributed by atoms with van der Waals surface area (Å²) in [5, 5.41) is 3.15. The Hall–Kier alpha value is -1.42. The van der Waals surface area contributed by atoms with Crippen LogP contribution in [0.25, 0.3) is 11.4 Å². The Morgan fingerprint density at radius 1 is 1.05 bits per heavy atom. The second-order valence-electron chi connectivity index (χ2n) is 5.77. The van der Waals surface area contributed by atoms with Crippen LogP contribution in [0.3, 0.4) is 0 Å². The molecule has 2 aromatic rings. The standard InChI is InChI=1S/C17H22BrN3/c1-9(2)15-14(18)17(19-6)21-16(20-15)13-11(4)7-10(3)8-12(13)5/h7-9H,1-6H3,(H,19,20,21). The van der Waals surface area contributed by atoms with Gasteiger partial charge < -0.3 is 5.32 Å². The van der Waals surface area contributed by atoms with Crippen LogP contribution in [0, 0.1) is 20.8 Å². The van der Waals surface area contributed by atoms with E-state index in [0.717, 1.165) is 27.4 Å². The van der Waals surface area contributed by atoms with Gasteiger partial charge in [-0.05, 0) is 53.7 Å². The highest BCUT2D eigenvalue weighted by Gasteiger charge is 2.17. The summed E-state index contributed by atoms with van der Waals surface area (Å²) in [5.74, 6) is 1.96. The zero-order chi connectivity index (χ0) is 15.7. The summed E-state index contributed by atoms with van der Waals surface area (Å²) in [5.41, 5.74) is 5.86. The van der Waals surface area contributed by atoms with E-state index in [0.29, 0.717) is 5.92 Å². The molecule has 0 spiro atoms. The van der Waals surface area contributed by atoms with Gasteiger partial charge in [0.1, 0.15) is 5.82 Å². The van der Waals surface area contributed by atoms with Crippen molar-refractivity contribution < 1.29 is 0 Å². The number of aryl methyl sites for hydroxylation is 3. The maximum Gasteiger partial charge on any atom is 0.162 e. The number of aromatic nitrogens is 2. The molecular formula is C17H22BrN3. The summed E-state index contributed by atoms with van der Waals surface area (Å²) >= 11 is 3.61. The van der Waals surface area contributed by atoms with Crippen LogP contribution in [0.4, 0.5) is 5.82 Å². The Labute approximate surface area is 135 Å². The second kappa shape index (κ2) is 6.14. The van der Waals surface area contributed by atoms with Gasteiger partial charge in [0.2, 0.25) is 0 Å². The fourth-order valence-corrected chi connectivity index (χ4v) is 3.49. The van der Waals surface area contributed by atoms with E-state index in [-0.39, 0.29) is 0 Å². The summed E-state index contributed by atoms with van der Waals surface area (Å²) in [6.07, 6.45) is 0. The van der Waals surface area contributed by atoms with Crippen molar-refractivity contribution in [2.75, 3.05) is 12.4 Å². The summed E-state index contributed by atoms with van der Waals surface area (Å²) in [6.45, 7) is 10.6. The minimum Gasteiger partial charge on any atom is -0.372 e. The minimum absolute atomic E-state index is 0.333. The Morgan fingerprint density at radius 2 is 1.62 bits per heavy atom. The number of anilines is 1. The maximum atomic E-state index is 4.80. The van der Waals surface area contributed by atoms with Gasteiger partial charge in [-0.25, -0.2) is 9.97 Å². The molecule has 4 heteroatoms. The molecule has 0 amide bonds. The number of hydrogen-bond acceptors (Lipinski definition) is 3. The summed E-state index contributed by atoms with van der Waals surface area (Å²) in [6, 6.07) is 4.36. The molecule has 112 valence electrons. The lowest BCUT2D eigenvalue weighted by molar-refractivity contribution is 0.810. The highest BCUT2D eigenvalue weighted by molar-refractivity contribution is 9.10. The van der Waals surface area contributed by atoms with Crippen LogP contribution in [-0.2, 0) is 0 Å². The number of halogens is 1. The molecule has 1 aromatic heterocycles. The molecule has 0 aliphatic rings. The van der Waals surface area contributed by atoms with Crippen molar-refractivity contribution in [3.63, 3.8) is 0 Å². The zero-order valence-corrected chi connectivity index (χ0v) is 15.1. The molecule has 2 rings (SSSR count). The predicted octanol–water partition coefficient (Wildman–Crippen LogP) is 5.00. The number of nitrogens with zero attached hydrogens (tertiary/aromatic N) is 2. The lowest BCUT2D eigenvalue weighted by Gasteiger charge is -2.16. The van der Waals surface area contributed by atoms with E-state index >= 15 is 0 Å². The second-order valence-corrected chi connectivity index (χ2v) is 6.57. The highest BCUT2D eigenvalue weighted by atomic mass is 79.9. The third kappa shape index (κ3) is 3.10. The predicted molar refractivity (Wildman–Crippen MR) is 93.0 cm³/mol. The Kier molecular flexibility index (Phi) is 4.67. The van der Waals surface area contributed by atoms with E-state index in [1.54, 1.807) is 0 Å². The number of benzene rings is 1. The van der Waals surface area contributed by atoms with Gasteiger partial charge in [-0.15, -0.1) is 0 Å². The first-order valence-corrected chi connectivity index (χ1v) is 7.97. The molecule has 0 fully saturated rings. The Bertz CT molecular complexity index is 655. The molecule has 1 N–H and O–H groups in total. The topological polar surface area (TPSA) is 37.8 Å². The van der Waals surface area contributed by atoms with Crippen LogP contribution in [0.2, 0.25) is 0 Å². The van der Waals surface area contributed by atoms with Crippen molar-refractivity contribution in [1.82, 2.24) is 9.97 Å². The van der Waals surface area contributed by atoms with Crippen molar-refractivity contribution in [1.29, 1.82) is 0 Å². The maximum absolute atomic E-state index is 4.80. The van der Waals surface area contributed by atoms with E-state index in [1.807, 2.05) is 7.05 Å². The molecule has 0 bridgehead atoms. The molecular weight excluding hydrogens is 326 g/mol. The monoisotopic (exact) mass is 347 g/mol. The Morgan fingerprint density at radius 3 is 2.10 bits per heavy atom. The van der Waals surface area contributed by atoms with Crippen molar-refractivity contribution >= 4 is 21.7 Å². The quantitative estimate of drug-likeness (QED) is 0.849. The third-order valence-corrected chi connectivity index (χ3v) is 4.34. The van der Waals surface area contributed by atoms with Crippen LogP contribution in [-0.4, -0.2) is 17.0 Å². The summed E-state index contributed by atoms with van der Waals surface area (Å²) < 4.78 is 0.950. The van der Waals surface area contributed by atoms with Crippen molar-refractivity contribution in [2.45, 2.75) is 40.5 Å². The normalized spacial score (nSPS) is 11.0. The van der Waals surface area contributed by atoms with Gasteiger partial charge in [0, 0.05) is 12.6 Å². The van der Waals surface area contributed by atoms with Gasteiger partial charge in [0.25, 0.3) is 0 Å². The molecule has 0 saturated heterocycles. The smallest absolute Gasteiger partial charge is 0.162 e. The zero-order valence-electron chi connectivity index (χ0n) is 13.5. The molecule has 1 aromatic carbocycles. The molecule has 0 radical (unpaired) electrons. The van der Waals surface area contributed by atoms with Crippen molar-refractivity contribution in [3.8, 4) is 11.4 Å². The van der Waals surface area contributed by atoms with E-state index in [2.05, 4.69) is 73.0 Å². The highest BCUT2D eigenvalue weighted by Crippen LogP contribution is 2.33. The van der Waals surface area contributed by atoms with Gasteiger partial charge in [-0.2, -0.15) is 0 Å². The van der Waals surface area contributed by atoms with Gasteiger partial charge in [-0.3, -0.25) is 0 Å². The lowest BCUT2D eigenvalue weighted by Crippen LogP contribution is -2.06. The summed E-state index contributed by atoms with van der Waals surface area (Å²) in [7, 11) is 1.88. The average molecular weight is 348 g/mol. The van der Waals surface area contributed by atoms with E-state index in [4.69, 9.17) is 4.98 Å². The van der Waals surface area contributed by atoms with Gasteiger partial charge in [-0.1, -0.05) is 31.5 Å². The number of rotatable bonds is 3. The first-order chi connectivity index (χ1) is 9.85. The lowest BCUT2D eigenvalue weighted by atomic mass is 9.99. The molecule has 21 heavy (non-hydrogen) atoms. The molecule has 0 aliphatic heterocycles. The fourth-order valence-electron chi connectivity index (χ4n) is 2.66. The third-order valence-electron chi connectivity index (χ3n) is 3.56. The average Bonchev–Trinajstić information content (AvgIpc) is 2.38.